The van der Waals surface area contributed by atoms with E-state index in [-0.39, 0.29) is 30.3 Å². The van der Waals surface area contributed by atoms with Gasteiger partial charge in [0.05, 0.1) is 11.9 Å². The van der Waals surface area contributed by atoms with E-state index >= 15 is 0 Å². The molecule has 2 saturated heterocycles. The van der Waals surface area contributed by atoms with Crippen LogP contribution < -0.4 is 10.0 Å². The Morgan fingerprint density at radius 2 is 2.19 bits per heavy atom. The van der Waals surface area contributed by atoms with E-state index in [0.29, 0.717) is 6.61 Å². The van der Waals surface area contributed by atoms with Crippen molar-refractivity contribution in [3.05, 3.63) is 0 Å². The van der Waals surface area contributed by atoms with E-state index in [9.17, 15) is 8.42 Å². The van der Waals surface area contributed by atoms with Gasteiger partial charge in [0.15, 0.2) is 0 Å². The molecule has 0 aliphatic carbocycles. The van der Waals surface area contributed by atoms with Gasteiger partial charge in [-0.25, -0.2) is 13.1 Å². The average Bonchev–Trinajstić information content (AvgIpc) is 2.75. The highest BCUT2D eigenvalue weighted by Crippen LogP contribution is 2.14. The first-order chi connectivity index (χ1) is 7.16. The summed E-state index contributed by atoms with van der Waals surface area (Å²) in [6.07, 6.45) is 2.62. The van der Waals surface area contributed by atoms with Crippen molar-refractivity contribution in [3.63, 3.8) is 0 Å². The smallest absolute Gasteiger partial charge is 0.214 e. The van der Waals surface area contributed by atoms with Gasteiger partial charge in [-0.05, 0) is 25.8 Å². The Bertz CT molecular complexity index is 274. The summed E-state index contributed by atoms with van der Waals surface area (Å²) >= 11 is 0. The highest BCUT2D eigenvalue weighted by atomic mass is 35.5. The van der Waals surface area contributed by atoms with Gasteiger partial charge in [-0.15, -0.1) is 12.4 Å². The lowest BCUT2D eigenvalue weighted by Gasteiger charge is -2.14. The van der Waals surface area contributed by atoms with E-state index < -0.39 is 10.0 Å². The molecule has 0 spiro atoms. The fourth-order valence-corrected chi connectivity index (χ4v) is 3.64. The number of hydrogen-bond acceptors (Lipinski definition) is 4. The van der Waals surface area contributed by atoms with Crippen molar-refractivity contribution in [1.82, 2.24) is 10.0 Å². The second-order valence-corrected chi connectivity index (χ2v) is 6.02. The van der Waals surface area contributed by atoms with Crippen LogP contribution in [0.15, 0.2) is 0 Å². The molecule has 0 bridgehead atoms. The van der Waals surface area contributed by atoms with Crippen molar-refractivity contribution < 1.29 is 13.2 Å². The molecule has 7 heteroatoms. The van der Waals surface area contributed by atoms with Crippen LogP contribution in [0.4, 0.5) is 0 Å². The second-order valence-electron chi connectivity index (χ2n) is 4.22. The highest BCUT2D eigenvalue weighted by Gasteiger charge is 2.26. The van der Waals surface area contributed by atoms with Crippen LogP contribution in [-0.4, -0.2) is 46.0 Å². The van der Waals surface area contributed by atoms with Gasteiger partial charge in [0.25, 0.3) is 0 Å². The maximum absolute atomic E-state index is 11.7. The van der Waals surface area contributed by atoms with E-state index in [0.717, 1.165) is 32.4 Å². The molecule has 2 heterocycles. The zero-order valence-electron chi connectivity index (χ0n) is 9.15. The topological polar surface area (TPSA) is 67.4 Å². The lowest BCUT2D eigenvalue weighted by molar-refractivity contribution is 0.127. The van der Waals surface area contributed by atoms with Crippen molar-refractivity contribution in [1.29, 1.82) is 0 Å². The minimum absolute atomic E-state index is 0. The van der Waals surface area contributed by atoms with Crippen molar-refractivity contribution in [2.45, 2.75) is 31.4 Å². The second kappa shape index (κ2) is 6.16. The molecule has 0 aromatic heterocycles. The summed E-state index contributed by atoms with van der Waals surface area (Å²) in [6.45, 7) is 2.34. The molecule has 2 fully saturated rings. The highest BCUT2D eigenvalue weighted by molar-refractivity contribution is 7.89. The number of nitrogens with one attached hydrogen (secondary N) is 2. The van der Waals surface area contributed by atoms with E-state index in [2.05, 4.69) is 10.0 Å². The number of hydrogen-bond donors (Lipinski definition) is 2. The molecule has 5 nitrogen and oxygen atoms in total. The molecule has 2 N–H and O–H groups in total. The number of ether oxygens (including phenoxy) is 1. The standard InChI is InChI=1S/C9H18N2O3S.ClH/c12-15(13,7-9-2-1-5-14-9)11-8-3-4-10-6-8;/h8-11H,1-7H2;1H. The molecule has 0 saturated carbocycles. The zero-order valence-corrected chi connectivity index (χ0v) is 10.8. The molecular formula is C9H19ClN2O3S. The third kappa shape index (κ3) is 4.18. The van der Waals surface area contributed by atoms with Crippen LogP contribution in [0.1, 0.15) is 19.3 Å². The lowest BCUT2D eigenvalue weighted by atomic mass is 10.3. The first kappa shape index (κ1) is 14.2. The van der Waals surface area contributed by atoms with E-state index in [1.807, 2.05) is 0 Å². The van der Waals surface area contributed by atoms with Crippen molar-refractivity contribution >= 4 is 22.4 Å². The maximum atomic E-state index is 11.7. The van der Waals surface area contributed by atoms with Crippen LogP contribution in [0, 0.1) is 0 Å². The Kier molecular flexibility index (Phi) is 5.46. The molecule has 2 atom stereocenters. The third-order valence-corrected chi connectivity index (χ3v) is 4.34. The van der Waals surface area contributed by atoms with Crippen LogP contribution in [0.5, 0.6) is 0 Å². The molecule has 0 aromatic carbocycles. The first-order valence-corrected chi connectivity index (χ1v) is 7.13. The van der Waals surface area contributed by atoms with Gasteiger partial charge in [-0.2, -0.15) is 0 Å². The van der Waals surface area contributed by atoms with Crippen LogP contribution in [0.3, 0.4) is 0 Å². The monoisotopic (exact) mass is 270 g/mol. The molecule has 2 aliphatic heterocycles. The summed E-state index contributed by atoms with van der Waals surface area (Å²) in [5, 5.41) is 3.13. The predicted octanol–water partition coefficient (Wildman–Crippen LogP) is -0.131. The van der Waals surface area contributed by atoms with Gasteiger partial charge >= 0.3 is 0 Å². The summed E-state index contributed by atoms with van der Waals surface area (Å²) in [4.78, 5) is 0. The SMILES string of the molecule is Cl.O=S(=O)(CC1CCCO1)NC1CCNC1. The van der Waals surface area contributed by atoms with E-state index in [4.69, 9.17) is 4.74 Å². The summed E-state index contributed by atoms with van der Waals surface area (Å²) in [7, 11) is -3.16. The van der Waals surface area contributed by atoms with Gasteiger partial charge in [0.1, 0.15) is 0 Å². The first-order valence-electron chi connectivity index (χ1n) is 5.48. The van der Waals surface area contributed by atoms with Crippen LogP contribution in [0.25, 0.3) is 0 Å². The van der Waals surface area contributed by atoms with Gasteiger partial charge in [-0.3, -0.25) is 0 Å². The summed E-state index contributed by atoms with van der Waals surface area (Å²) in [5.41, 5.74) is 0. The maximum Gasteiger partial charge on any atom is 0.214 e. The number of rotatable bonds is 4. The van der Waals surface area contributed by atoms with E-state index in [1.165, 1.54) is 0 Å². The predicted molar refractivity (Wildman–Crippen MR) is 64.4 cm³/mol. The van der Waals surface area contributed by atoms with Gasteiger partial charge < -0.3 is 10.1 Å². The Hall–Kier alpha value is 0.120. The Balaban J connectivity index is 0.00000128. The molecule has 0 amide bonds. The van der Waals surface area contributed by atoms with Gasteiger partial charge in [0.2, 0.25) is 10.0 Å². The quantitative estimate of drug-likeness (QED) is 0.747. The molecule has 2 rings (SSSR count). The summed E-state index contributed by atoms with van der Waals surface area (Å²) < 4.78 is 31.5. The fraction of sp³-hybridized carbons (Fsp3) is 1.00. The van der Waals surface area contributed by atoms with Crippen molar-refractivity contribution in [2.24, 2.45) is 0 Å². The normalized spacial score (nSPS) is 30.2. The van der Waals surface area contributed by atoms with Gasteiger partial charge in [0, 0.05) is 19.2 Å². The Morgan fingerprint density at radius 1 is 1.38 bits per heavy atom. The minimum atomic E-state index is -3.16. The molecule has 16 heavy (non-hydrogen) atoms. The van der Waals surface area contributed by atoms with Crippen molar-refractivity contribution in [3.8, 4) is 0 Å². The summed E-state index contributed by atoms with van der Waals surface area (Å²) in [5.74, 6) is 0.115. The molecule has 96 valence electrons. The van der Waals surface area contributed by atoms with Crippen molar-refractivity contribution in [2.75, 3.05) is 25.4 Å². The summed E-state index contributed by atoms with van der Waals surface area (Å²) in [6, 6.07) is 0.0661. The Morgan fingerprint density at radius 3 is 2.75 bits per heavy atom. The van der Waals surface area contributed by atoms with Crippen LogP contribution >= 0.6 is 12.4 Å². The average molecular weight is 271 g/mol. The number of halogens is 1. The van der Waals surface area contributed by atoms with Crippen LogP contribution in [0.2, 0.25) is 0 Å². The zero-order chi connectivity index (χ0) is 10.7. The van der Waals surface area contributed by atoms with Crippen LogP contribution in [-0.2, 0) is 14.8 Å². The lowest BCUT2D eigenvalue weighted by Crippen LogP contribution is -2.40. The number of sulfonamides is 1. The molecule has 2 unspecified atom stereocenters. The fourth-order valence-electron chi connectivity index (χ4n) is 2.08. The molecule has 0 aromatic rings. The van der Waals surface area contributed by atoms with Gasteiger partial charge in [-0.1, -0.05) is 0 Å². The Labute approximate surface area is 103 Å². The minimum Gasteiger partial charge on any atom is -0.377 e. The van der Waals surface area contributed by atoms with E-state index in [1.54, 1.807) is 0 Å². The molecule has 2 aliphatic rings. The molecule has 0 radical (unpaired) electrons. The largest absolute Gasteiger partial charge is 0.377 e. The third-order valence-electron chi connectivity index (χ3n) is 2.84. The molecular weight excluding hydrogens is 252 g/mol.